The Bertz CT molecular complexity index is 888. The lowest BCUT2D eigenvalue weighted by Gasteiger charge is -2.30. The van der Waals surface area contributed by atoms with Gasteiger partial charge in [0.2, 0.25) is 0 Å². The molecule has 1 unspecified atom stereocenters. The number of rotatable bonds is 8. The van der Waals surface area contributed by atoms with E-state index in [4.69, 9.17) is 14.2 Å². The number of Topliss-reactive ketones (excluding diaryl/α,β-unsaturated/α-hetero) is 1. The molecule has 0 heterocycles. The van der Waals surface area contributed by atoms with Gasteiger partial charge in [-0.15, -0.1) is 0 Å². The number of fused-ring (bicyclic) bond motifs is 3. The monoisotopic (exact) mass is 425 g/mol. The molecular formula is C25H31NO5. The summed E-state index contributed by atoms with van der Waals surface area (Å²) in [5.74, 6) is -0.317. The molecule has 2 aromatic rings. The standard InChI is InChI=1S/C25H31NO5/c1-16(31-25(2,3)4)23(22(27)15-29-5)26-24(28)30-14-21-19-12-8-6-10-17(19)18-11-7-9-13-20(18)21/h6-13,16,21,23H,14-15H2,1-5H3,(H,26,28)/t16-,23?/m1/s1. The smallest absolute Gasteiger partial charge is 0.407 e. The van der Waals surface area contributed by atoms with E-state index in [1.807, 2.05) is 45.0 Å². The minimum atomic E-state index is -0.866. The molecule has 6 nitrogen and oxygen atoms in total. The molecule has 1 aliphatic carbocycles. The molecule has 31 heavy (non-hydrogen) atoms. The Hall–Kier alpha value is -2.70. The van der Waals surface area contributed by atoms with Crippen molar-refractivity contribution in [2.45, 2.75) is 51.4 Å². The van der Waals surface area contributed by atoms with E-state index in [2.05, 4.69) is 29.6 Å². The van der Waals surface area contributed by atoms with Gasteiger partial charge in [-0.3, -0.25) is 4.79 Å². The molecule has 0 saturated carbocycles. The average molecular weight is 426 g/mol. The van der Waals surface area contributed by atoms with E-state index in [9.17, 15) is 9.59 Å². The van der Waals surface area contributed by atoms with E-state index in [1.165, 1.54) is 7.11 Å². The van der Waals surface area contributed by atoms with Crippen LogP contribution in [-0.2, 0) is 19.0 Å². The van der Waals surface area contributed by atoms with Crippen molar-refractivity contribution in [3.05, 3.63) is 59.7 Å². The molecular weight excluding hydrogens is 394 g/mol. The average Bonchev–Trinajstić information content (AvgIpc) is 3.03. The maximum atomic E-state index is 12.6. The lowest BCUT2D eigenvalue weighted by molar-refractivity contribution is -0.132. The molecule has 0 fully saturated rings. The molecule has 6 heteroatoms. The molecule has 166 valence electrons. The number of benzene rings is 2. The summed E-state index contributed by atoms with van der Waals surface area (Å²) >= 11 is 0. The molecule has 0 bridgehead atoms. The molecule has 0 aliphatic heterocycles. The first-order valence-corrected chi connectivity index (χ1v) is 10.5. The zero-order valence-electron chi connectivity index (χ0n) is 18.8. The predicted octanol–water partition coefficient (Wildman–Crippen LogP) is 4.31. The number of ketones is 1. The first-order valence-electron chi connectivity index (χ1n) is 10.5. The maximum Gasteiger partial charge on any atom is 0.407 e. The Morgan fingerprint density at radius 3 is 2.06 bits per heavy atom. The quantitative estimate of drug-likeness (QED) is 0.682. The highest BCUT2D eigenvalue weighted by Gasteiger charge is 2.32. The molecule has 0 radical (unpaired) electrons. The summed E-state index contributed by atoms with van der Waals surface area (Å²) in [6.07, 6.45) is -1.19. The zero-order valence-corrected chi connectivity index (χ0v) is 18.8. The lowest BCUT2D eigenvalue weighted by atomic mass is 9.98. The first-order chi connectivity index (χ1) is 14.7. The topological polar surface area (TPSA) is 73.9 Å². The second-order valence-electron chi connectivity index (χ2n) is 8.78. The largest absolute Gasteiger partial charge is 0.449 e. The number of ether oxygens (including phenoxy) is 3. The van der Waals surface area contributed by atoms with Gasteiger partial charge in [0.25, 0.3) is 0 Å². The lowest BCUT2D eigenvalue weighted by Crippen LogP contribution is -2.51. The number of nitrogens with one attached hydrogen (secondary N) is 1. The van der Waals surface area contributed by atoms with Gasteiger partial charge in [0.15, 0.2) is 5.78 Å². The van der Waals surface area contributed by atoms with Crippen molar-refractivity contribution in [1.29, 1.82) is 0 Å². The predicted molar refractivity (Wildman–Crippen MR) is 119 cm³/mol. The highest BCUT2D eigenvalue weighted by molar-refractivity contribution is 5.89. The fourth-order valence-corrected chi connectivity index (χ4v) is 4.08. The van der Waals surface area contributed by atoms with Gasteiger partial charge in [-0.1, -0.05) is 48.5 Å². The van der Waals surface area contributed by atoms with Crippen LogP contribution in [0.1, 0.15) is 44.7 Å². The fraction of sp³-hybridized carbons (Fsp3) is 0.440. The van der Waals surface area contributed by atoms with Crippen LogP contribution < -0.4 is 5.32 Å². The highest BCUT2D eigenvalue weighted by atomic mass is 16.6. The Morgan fingerprint density at radius 2 is 1.55 bits per heavy atom. The van der Waals surface area contributed by atoms with E-state index in [-0.39, 0.29) is 24.9 Å². The van der Waals surface area contributed by atoms with E-state index >= 15 is 0 Å². The summed E-state index contributed by atoms with van der Waals surface area (Å²) < 4.78 is 16.4. The van der Waals surface area contributed by atoms with Crippen LogP contribution in [-0.4, -0.2) is 49.9 Å². The highest BCUT2D eigenvalue weighted by Crippen LogP contribution is 2.44. The summed E-state index contributed by atoms with van der Waals surface area (Å²) in [4.78, 5) is 25.1. The fourth-order valence-electron chi connectivity index (χ4n) is 4.08. The molecule has 0 saturated heterocycles. The molecule has 3 rings (SSSR count). The number of hydrogen-bond donors (Lipinski definition) is 1. The van der Waals surface area contributed by atoms with Gasteiger partial charge in [-0.2, -0.15) is 0 Å². The van der Waals surface area contributed by atoms with E-state index in [0.29, 0.717) is 0 Å². The van der Waals surface area contributed by atoms with Gasteiger partial charge in [-0.25, -0.2) is 4.79 Å². The second-order valence-corrected chi connectivity index (χ2v) is 8.78. The summed E-state index contributed by atoms with van der Waals surface area (Å²) in [5.41, 5.74) is 4.12. The van der Waals surface area contributed by atoms with Crippen molar-refractivity contribution in [3.8, 4) is 11.1 Å². The van der Waals surface area contributed by atoms with Crippen molar-refractivity contribution in [3.63, 3.8) is 0 Å². The van der Waals surface area contributed by atoms with Crippen LogP contribution >= 0.6 is 0 Å². The molecule has 0 spiro atoms. The maximum absolute atomic E-state index is 12.6. The van der Waals surface area contributed by atoms with E-state index in [1.54, 1.807) is 6.92 Å². The number of carbonyl (C=O) groups excluding carboxylic acids is 2. The van der Waals surface area contributed by atoms with Gasteiger partial charge in [-0.05, 0) is 49.9 Å². The van der Waals surface area contributed by atoms with Gasteiger partial charge in [0, 0.05) is 13.0 Å². The SMILES string of the molecule is COCC(=O)C(NC(=O)OCC1c2ccccc2-c2ccccc21)[C@@H](C)OC(C)(C)C. The van der Waals surface area contributed by atoms with E-state index in [0.717, 1.165) is 22.3 Å². The molecule has 1 amide bonds. The minimum Gasteiger partial charge on any atom is -0.449 e. The summed E-state index contributed by atoms with van der Waals surface area (Å²) in [7, 11) is 1.44. The molecule has 2 atom stereocenters. The number of alkyl carbamates (subject to hydrolysis) is 1. The van der Waals surface area contributed by atoms with Crippen molar-refractivity contribution < 1.29 is 23.8 Å². The van der Waals surface area contributed by atoms with Crippen LogP contribution in [0.3, 0.4) is 0 Å². The third kappa shape index (κ3) is 5.51. The molecule has 2 aromatic carbocycles. The van der Waals surface area contributed by atoms with Crippen LogP contribution in [0.25, 0.3) is 11.1 Å². The van der Waals surface area contributed by atoms with Crippen molar-refractivity contribution >= 4 is 11.9 Å². The third-order valence-electron chi connectivity index (χ3n) is 5.26. The van der Waals surface area contributed by atoms with Crippen molar-refractivity contribution in [2.75, 3.05) is 20.3 Å². The number of carbonyl (C=O) groups is 2. The van der Waals surface area contributed by atoms with Gasteiger partial charge in [0.1, 0.15) is 19.3 Å². The van der Waals surface area contributed by atoms with Crippen LogP contribution in [0.5, 0.6) is 0 Å². The van der Waals surface area contributed by atoms with Crippen molar-refractivity contribution in [1.82, 2.24) is 5.32 Å². The number of hydrogen-bond acceptors (Lipinski definition) is 5. The van der Waals surface area contributed by atoms with Crippen molar-refractivity contribution in [2.24, 2.45) is 0 Å². The Balaban J connectivity index is 1.70. The molecule has 1 aliphatic rings. The minimum absolute atomic E-state index is 0.0467. The van der Waals surface area contributed by atoms with Crippen LogP contribution in [0.4, 0.5) is 4.79 Å². The van der Waals surface area contributed by atoms with Gasteiger partial charge in [0.05, 0.1) is 11.7 Å². The first kappa shape index (κ1) is 23.0. The van der Waals surface area contributed by atoms with E-state index < -0.39 is 23.8 Å². The normalized spacial score (nSPS) is 15.0. The van der Waals surface area contributed by atoms with Crippen LogP contribution in [0, 0.1) is 0 Å². The number of methoxy groups -OCH3 is 1. The van der Waals surface area contributed by atoms with Gasteiger partial charge < -0.3 is 19.5 Å². The Labute approximate surface area is 183 Å². The van der Waals surface area contributed by atoms with Crippen LogP contribution in [0.2, 0.25) is 0 Å². The third-order valence-corrected chi connectivity index (χ3v) is 5.26. The zero-order chi connectivity index (χ0) is 22.6. The number of amides is 1. The Kier molecular flexibility index (Phi) is 7.13. The summed E-state index contributed by atoms with van der Waals surface area (Å²) in [6, 6.07) is 15.4. The van der Waals surface area contributed by atoms with Gasteiger partial charge >= 0.3 is 6.09 Å². The summed E-state index contributed by atoms with van der Waals surface area (Å²) in [5, 5.41) is 2.68. The Morgan fingerprint density at radius 1 is 1.00 bits per heavy atom. The van der Waals surface area contributed by atoms with Crippen LogP contribution in [0.15, 0.2) is 48.5 Å². The second kappa shape index (κ2) is 9.62. The molecule has 1 N–H and O–H groups in total. The molecule has 0 aromatic heterocycles. The summed E-state index contributed by atoms with van der Waals surface area (Å²) in [6.45, 7) is 7.51.